The molecule has 5 rings (SSSR count). The van der Waals surface area contributed by atoms with E-state index in [4.69, 9.17) is 9.47 Å². The Kier molecular flexibility index (Phi) is 5.34. The van der Waals surface area contributed by atoms with Crippen LogP contribution in [0.4, 0.5) is 0 Å². The molecule has 5 heteroatoms. The molecule has 0 amide bonds. The van der Waals surface area contributed by atoms with Crippen LogP contribution in [0.15, 0.2) is 48.6 Å². The van der Waals surface area contributed by atoms with E-state index in [1.165, 1.54) is 11.1 Å². The summed E-state index contributed by atoms with van der Waals surface area (Å²) < 4.78 is 11.5. The van der Waals surface area contributed by atoms with Crippen LogP contribution in [0.2, 0.25) is 0 Å². The van der Waals surface area contributed by atoms with E-state index in [0.717, 1.165) is 35.6 Å². The molecule has 3 aliphatic rings. The molecule has 3 heterocycles. The van der Waals surface area contributed by atoms with E-state index in [9.17, 15) is 5.11 Å². The topological polar surface area (TPSA) is 54.0 Å². The van der Waals surface area contributed by atoms with Gasteiger partial charge in [-0.15, -0.1) is 0 Å². The van der Waals surface area contributed by atoms with Gasteiger partial charge >= 0.3 is 0 Å². The fourth-order valence-electron chi connectivity index (χ4n) is 4.68. The fourth-order valence-corrected chi connectivity index (χ4v) is 4.68. The second kappa shape index (κ2) is 8.26. The zero-order chi connectivity index (χ0) is 20.5. The first-order valence-corrected chi connectivity index (χ1v) is 10.6. The highest BCUT2D eigenvalue weighted by molar-refractivity contribution is 5.63. The Morgan fingerprint density at radius 3 is 2.13 bits per heavy atom. The second-order valence-corrected chi connectivity index (χ2v) is 8.33. The minimum absolute atomic E-state index is 0.0436. The smallest absolute Gasteiger partial charge is 0.127 e. The molecule has 0 spiro atoms. The number of aliphatic hydroxyl groups excluding tert-OH is 1. The lowest BCUT2D eigenvalue weighted by molar-refractivity contribution is 0.182. The minimum Gasteiger partial charge on any atom is -0.489 e. The van der Waals surface area contributed by atoms with Crippen LogP contribution in [0, 0.1) is 0 Å². The highest BCUT2D eigenvalue weighted by Crippen LogP contribution is 2.34. The van der Waals surface area contributed by atoms with Gasteiger partial charge in [0.1, 0.15) is 24.7 Å². The lowest BCUT2D eigenvalue weighted by Crippen LogP contribution is -2.35. The maximum atomic E-state index is 9.67. The average molecular weight is 405 g/mol. The van der Waals surface area contributed by atoms with E-state index in [1.54, 1.807) is 0 Å². The number of rotatable bonds is 5. The average Bonchev–Trinajstić information content (AvgIpc) is 3.16. The van der Waals surface area contributed by atoms with E-state index in [1.807, 2.05) is 12.2 Å². The molecule has 0 saturated carbocycles. The highest BCUT2D eigenvalue weighted by atomic mass is 16.5. The number of hydrogen-bond acceptors (Lipinski definition) is 5. The van der Waals surface area contributed by atoms with Gasteiger partial charge in [0, 0.05) is 29.8 Å². The molecular weight excluding hydrogens is 376 g/mol. The summed E-state index contributed by atoms with van der Waals surface area (Å²) in [5, 5.41) is 13.5. The van der Waals surface area contributed by atoms with Gasteiger partial charge < -0.3 is 19.9 Å². The third-order valence-corrected chi connectivity index (χ3v) is 6.30. The molecule has 2 aromatic rings. The van der Waals surface area contributed by atoms with Crippen molar-refractivity contribution >= 4 is 12.2 Å². The SMILES string of the molecule is CN1C[C@@H](NC(c2ccc3c(c2)C=CCO3)c2ccc3c(c2)C=CCO3)C[C@@H]1CO. The van der Waals surface area contributed by atoms with E-state index in [0.29, 0.717) is 19.3 Å². The number of hydrogen-bond donors (Lipinski definition) is 2. The summed E-state index contributed by atoms with van der Waals surface area (Å²) in [6, 6.07) is 13.5. The lowest BCUT2D eigenvalue weighted by atomic mass is 9.93. The van der Waals surface area contributed by atoms with Crippen LogP contribution in [-0.4, -0.2) is 55.5 Å². The summed E-state index contributed by atoms with van der Waals surface area (Å²) in [6.07, 6.45) is 9.30. The monoisotopic (exact) mass is 404 g/mol. The highest BCUT2D eigenvalue weighted by Gasteiger charge is 2.31. The van der Waals surface area contributed by atoms with Crippen LogP contribution < -0.4 is 14.8 Å². The predicted molar refractivity (Wildman–Crippen MR) is 119 cm³/mol. The van der Waals surface area contributed by atoms with Crippen LogP contribution in [0.5, 0.6) is 11.5 Å². The summed E-state index contributed by atoms with van der Waals surface area (Å²) in [4.78, 5) is 2.24. The van der Waals surface area contributed by atoms with Crippen molar-refractivity contribution in [1.82, 2.24) is 10.2 Å². The van der Waals surface area contributed by atoms with Crippen LogP contribution >= 0.6 is 0 Å². The van der Waals surface area contributed by atoms with Crippen molar-refractivity contribution in [2.45, 2.75) is 24.5 Å². The molecule has 156 valence electrons. The second-order valence-electron chi connectivity index (χ2n) is 8.33. The zero-order valence-corrected chi connectivity index (χ0v) is 17.3. The Balaban J connectivity index is 1.50. The Hall–Kier alpha value is -2.60. The number of nitrogens with zero attached hydrogens (tertiary/aromatic N) is 1. The van der Waals surface area contributed by atoms with Crippen molar-refractivity contribution in [2.75, 3.05) is 33.4 Å². The van der Waals surface area contributed by atoms with Gasteiger partial charge in [-0.1, -0.05) is 24.3 Å². The minimum atomic E-state index is 0.0436. The van der Waals surface area contributed by atoms with Gasteiger partial charge in [0.05, 0.1) is 12.6 Å². The van der Waals surface area contributed by atoms with Crippen molar-refractivity contribution in [3.8, 4) is 11.5 Å². The molecule has 0 bridgehead atoms. The summed E-state index contributed by atoms with van der Waals surface area (Å²) in [7, 11) is 2.08. The first-order chi connectivity index (χ1) is 14.7. The van der Waals surface area contributed by atoms with E-state index >= 15 is 0 Å². The van der Waals surface area contributed by atoms with Crippen molar-refractivity contribution in [3.63, 3.8) is 0 Å². The molecule has 3 aliphatic heterocycles. The first-order valence-electron chi connectivity index (χ1n) is 10.6. The normalized spacial score (nSPS) is 22.5. The van der Waals surface area contributed by atoms with Crippen LogP contribution in [0.3, 0.4) is 0 Å². The van der Waals surface area contributed by atoms with E-state index < -0.39 is 0 Å². The number of likely N-dealkylation sites (tertiary alicyclic amines) is 1. The third kappa shape index (κ3) is 3.76. The quantitative estimate of drug-likeness (QED) is 0.801. The molecule has 0 aromatic heterocycles. The van der Waals surface area contributed by atoms with E-state index in [2.05, 4.69) is 65.8 Å². The predicted octanol–water partition coefficient (Wildman–Crippen LogP) is 3.24. The molecule has 0 radical (unpaired) electrons. The van der Waals surface area contributed by atoms with Crippen LogP contribution in [0.1, 0.15) is 34.7 Å². The molecule has 0 aliphatic carbocycles. The number of benzene rings is 2. The standard InChI is InChI=1S/C25H28N2O3/c1-27-15-21(14-22(27)16-28)26-25(19-6-8-23-17(12-19)4-2-10-29-23)20-7-9-24-18(13-20)5-3-11-30-24/h2-9,12-13,21-22,25-26,28H,10-11,14-16H2,1H3/t21-,22+/m0/s1. The number of nitrogens with one attached hydrogen (secondary N) is 1. The van der Waals surface area contributed by atoms with Crippen molar-refractivity contribution < 1.29 is 14.6 Å². The first kappa shape index (κ1) is 19.4. The molecule has 0 unspecified atom stereocenters. The van der Waals surface area contributed by atoms with Crippen LogP contribution in [0.25, 0.3) is 12.2 Å². The van der Waals surface area contributed by atoms with Crippen molar-refractivity contribution in [3.05, 3.63) is 70.8 Å². The van der Waals surface area contributed by atoms with E-state index in [-0.39, 0.29) is 18.7 Å². The van der Waals surface area contributed by atoms with Gasteiger partial charge in [0.2, 0.25) is 0 Å². The number of ether oxygens (including phenoxy) is 2. The summed E-state index contributed by atoms with van der Waals surface area (Å²) in [6.45, 7) is 2.37. The van der Waals surface area contributed by atoms with Gasteiger partial charge in [-0.3, -0.25) is 4.90 Å². The Labute approximate surface area is 177 Å². The van der Waals surface area contributed by atoms with Crippen molar-refractivity contribution in [1.29, 1.82) is 0 Å². The maximum Gasteiger partial charge on any atom is 0.127 e. The Bertz CT molecular complexity index is 919. The fraction of sp³-hybridized carbons (Fsp3) is 0.360. The third-order valence-electron chi connectivity index (χ3n) is 6.30. The van der Waals surface area contributed by atoms with Gasteiger partial charge in [0.25, 0.3) is 0 Å². The Morgan fingerprint density at radius 2 is 1.60 bits per heavy atom. The molecule has 2 N–H and O–H groups in total. The lowest BCUT2D eigenvalue weighted by Gasteiger charge is -2.26. The summed E-state index contributed by atoms with van der Waals surface area (Å²) in [5.41, 5.74) is 4.64. The zero-order valence-electron chi connectivity index (χ0n) is 17.3. The maximum absolute atomic E-state index is 9.67. The molecular formula is C25H28N2O3. The van der Waals surface area contributed by atoms with Gasteiger partial charge in [-0.25, -0.2) is 0 Å². The van der Waals surface area contributed by atoms with Crippen molar-refractivity contribution in [2.24, 2.45) is 0 Å². The summed E-state index contributed by atoms with van der Waals surface area (Å²) >= 11 is 0. The van der Waals surface area contributed by atoms with Gasteiger partial charge in [-0.05, 0) is 61.0 Å². The molecule has 30 heavy (non-hydrogen) atoms. The molecule has 2 aromatic carbocycles. The summed E-state index contributed by atoms with van der Waals surface area (Å²) in [5.74, 6) is 1.87. The van der Waals surface area contributed by atoms with Crippen LogP contribution in [-0.2, 0) is 0 Å². The number of fused-ring (bicyclic) bond motifs is 2. The largest absolute Gasteiger partial charge is 0.489 e. The van der Waals surface area contributed by atoms with Gasteiger partial charge in [-0.2, -0.15) is 0 Å². The molecule has 1 saturated heterocycles. The number of aliphatic hydroxyl groups is 1. The molecule has 1 fully saturated rings. The molecule has 5 nitrogen and oxygen atoms in total. The number of likely N-dealkylation sites (N-methyl/N-ethyl adjacent to an activating group) is 1. The Morgan fingerprint density at radius 1 is 1.00 bits per heavy atom. The van der Waals surface area contributed by atoms with Gasteiger partial charge in [0.15, 0.2) is 0 Å². The molecule has 2 atom stereocenters.